The fourth-order valence-corrected chi connectivity index (χ4v) is 1.89. The molecule has 0 radical (unpaired) electrons. The van der Waals surface area contributed by atoms with E-state index in [1.165, 1.54) is 0 Å². The maximum Gasteiger partial charge on any atom is 0.213 e. The van der Waals surface area contributed by atoms with Crippen molar-refractivity contribution in [3.8, 4) is 0 Å². The Morgan fingerprint density at radius 3 is 2.62 bits per heavy atom. The van der Waals surface area contributed by atoms with Crippen LogP contribution in [0.4, 0.5) is 0 Å². The SMILES string of the molecule is Cc1ccc(CS(N)(=O)=O)c(Cl)n1. The minimum atomic E-state index is -3.54. The third-order valence-corrected chi connectivity index (χ3v) is 2.46. The van der Waals surface area contributed by atoms with Gasteiger partial charge in [0.25, 0.3) is 0 Å². The highest BCUT2D eigenvalue weighted by Gasteiger charge is 2.09. The predicted molar refractivity (Wildman–Crippen MR) is 50.8 cm³/mol. The maximum absolute atomic E-state index is 10.7. The topological polar surface area (TPSA) is 73.1 Å². The largest absolute Gasteiger partial charge is 0.241 e. The summed E-state index contributed by atoms with van der Waals surface area (Å²) in [6, 6.07) is 3.29. The number of primary sulfonamides is 1. The van der Waals surface area contributed by atoms with E-state index in [1.54, 1.807) is 19.1 Å². The summed E-state index contributed by atoms with van der Waals surface area (Å²) in [5.74, 6) is -0.279. The molecule has 13 heavy (non-hydrogen) atoms. The lowest BCUT2D eigenvalue weighted by Crippen LogP contribution is -2.15. The van der Waals surface area contributed by atoms with Gasteiger partial charge in [0.2, 0.25) is 10.0 Å². The predicted octanol–water partition coefficient (Wildman–Crippen LogP) is 0.832. The molecule has 0 spiro atoms. The Hall–Kier alpha value is -0.650. The number of aromatic nitrogens is 1. The summed E-state index contributed by atoms with van der Waals surface area (Å²) in [5, 5.41) is 5.05. The zero-order valence-electron chi connectivity index (χ0n) is 6.99. The van der Waals surface area contributed by atoms with Gasteiger partial charge in [0.1, 0.15) is 5.15 Å². The van der Waals surface area contributed by atoms with Gasteiger partial charge in [-0.3, -0.25) is 0 Å². The molecule has 1 rings (SSSR count). The average molecular weight is 221 g/mol. The van der Waals surface area contributed by atoms with E-state index in [1.807, 2.05) is 0 Å². The van der Waals surface area contributed by atoms with Crippen LogP contribution in [0.5, 0.6) is 0 Å². The van der Waals surface area contributed by atoms with Crippen molar-refractivity contribution in [3.05, 3.63) is 28.5 Å². The first-order valence-corrected chi connectivity index (χ1v) is 5.60. The number of hydrogen-bond donors (Lipinski definition) is 1. The molecule has 0 bridgehead atoms. The molecule has 4 nitrogen and oxygen atoms in total. The van der Waals surface area contributed by atoms with Crippen molar-refractivity contribution in [1.82, 2.24) is 4.98 Å². The number of hydrogen-bond acceptors (Lipinski definition) is 3. The number of rotatable bonds is 2. The van der Waals surface area contributed by atoms with E-state index >= 15 is 0 Å². The molecule has 0 aliphatic rings. The molecule has 2 N–H and O–H groups in total. The first-order chi connectivity index (χ1) is 5.88. The average Bonchev–Trinajstić information content (AvgIpc) is 1.93. The van der Waals surface area contributed by atoms with Crippen LogP contribution in [0.2, 0.25) is 5.15 Å². The van der Waals surface area contributed by atoms with Crippen LogP contribution in [0.15, 0.2) is 12.1 Å². The molecule has 0 aliphatic carbocycles. The Morgan fingerprint density at radius 2 is 2.15 bits per heavy atom. The molecule has 0 saturated carbocycles. The van der Waals surface area contributed by atoms with E-state index in [2.05, 4.69) is 4.98 Å². The summed E-state index contributed by atoms with van der Waals surface area (Å²) in [7, 11) is -3.54. The molecule has 1 heterocycles. The highest BCUT2D eigenvalue weighted by atomic mass is 35.5. The van der Waals surface area contributed by atoms with Crippen molar-refractivity contribution in [1.29, 1.82) is 0 Å². The summed E-state index contributed by atoms with van der Waals surface area (Å²) < 4.78 is 21.5. The highest BCUT2D eigenvalue weighted by molar-refractivity contribution is 7.88. The number of pyridine rings is 1. The molecule has 0 saturated heterocycles. The molecule has 6 heteroatoms. The van der Waals surface area contributed by atoms with Crippen LogP contribution in [-0.2, 0) is 15.8 Å². The molecule has 0 unspecified atom stereocenters. The third kappa shape index (κ3) is 3.30. The standard InChI is InChI=1S/C7H9ClN2O2S/c1-5-2-3-6(7(8)10-5)4-13(9,11)12/h2-3H,4H2,1H3,(H2,9,11,12). The van der Waals surface area contributed by atoms with Crippen molar-refractivity contribution in [2.75, 3.05) is 0 Å². The summed E-state index contributed by atoms with van der Waals surface area (Å²) in [4.78, 5) is 3.90. The molecule has 0 aliphatic heterocycles. The molecule has 0 fully saturated rings. The first-order valence-electron chi connectivity index (χ1n) is 3.51. The van der Waals surface area contributed by atoms with E-state index < -0.39 is 10.0 Å². The zero-order chi connectivity index (χ0) is 10.1. The summed E-state index contributed by atoms with van der Waals surface area (Å²) >= 11 is 5.70. The van der Waals surface area contributed by atoms with Crippen LogP contribution >= 0.6 is 11.6 Å². The van der Waals surface area contributed by atoms with Gasteiger partial charge in [-0.05, 0) is 13.0 Å². The van der Waals surface area contributed by atoms with E-state index in [0.29, 0.717) is 5.56 Å². The van der Waals surface area contributed by atoms with Gasteiger partial charge in [0, 0.05) is 11.3 Å². The van der Waals surface area contributed by atoms with Gasteiger partial charge in [0.05, 0.1) is 5.75 Å². The third-order valence-electron chi connectivity index (χ3n) is 1.42. The van der Waals surface area contributed by atoms with Crippen LogP contribution < -0.4 is 5.14 Å². The zero-order valence-corrected chi connectivity index (χ0v) is 8.56. The van der Waals surface area contributed by atoms with E-state index in [4.69, 9.17) is 16.7 Å². The number of nitrogens with zero attached hydrogens (tertiary/aromatic N) is 1. The molecule has 1 aromatic rings. The Kier molecular flexibility index (Phi) is 2.90. The van der Waals surface area contributed by atoms with Gasteiger partial charge in [-0.1, -0.05) is 17.7 Å². The van der Waals surface area contributed by atoms with Crippen LogP contribution in [0.25, 0.3) is 0 Å². The molecule has 72 valence electrons. The molecule has 0 atom stereocenters. The number of halogens is 1. The van der Waals surface area contributed by atoms with Crippen molar-refractivity contribution >= 4 is 21.6 Å². The van der Waals surface area contributed by atoms with Crippen molar-refractivity contribution < 1.29 is 8.42 Å². The normalized spacial score (nSPS) is 11.6. The minimum absolute atomic E-state index is 0.189. The summed E-state index contributed by atoms with van der Waals surface area (Å²) in [6.07, 6.45) is 0. The lowest BCUT2D eigenvalue weighted by Gasteiger charge is -2.01. The van der Waals surface area contributed by atoms with E-state index in [0.717, 1.165) is 5.69 Å². The van der Waals surface area contributed by atoms with Crippen LogP contribution in [0.1, 0.15) is 11.3 Å². The Morgan fingerprint density at radius 1 is 1.54 bits per heavy atom. The number of sulfonamides is 1. The quantitative estimate of drug-likeness (QED) is 0.751. The van der Waals surface area contributed by atoms with Crippen LogP contribution in [0, 0.1) is 6.92 Å². The van der Waals surface area contributed by atoms with Crippen LogP contribution in [-0.4, -0.2) is 13.4 Å². The van der Waals surface area contributed by atoms with Gasteiger partial charge < -0.3 is 0 Å². The molecule has 1 aromatic heterocycles. The van der Waals surface area contributed by atoms with E-state index in [9.17, 15) is 8.42 Å². The second kappa shape index (κ2) is 3.61. The Labute approximate surface area is 81.8 Å². The molecular formula is C7H9ClN2O2S. The van der Waals surface area contributed by atoms with Crippen molar-refractivity contribution in [2.45, 2.75) is 12.7 Å². The van der Waals surface area contributed by atoms with Crippen molar-refractivity contribution in [2.24, 2.45) is 5.14 Å². The van der Waals surface area contributed by atoms with Gasteiger partial charge in [-0.25, -0.2) is 18.5 Å². The van der Waals surface area contributed by atoms with Crippen LogP contribution in [0.3, 0.4) is 0 Å². The Balaban J connectivity index is 3.04. The highest BCUT2D eigenvalue weighted by Crippen LogP contribution is 2.15. The van der Waals surface area contributed by atoms with E-state index in [-0.39, 0.29) is 10.9 Å². The van der Waals surface area contributed by atoms with Gasteiger partial charge in [0.15, 0.2) is 0 Å². The number of nitrogens with two attached hydrogens (primary N) is 1. The molecular weight excluding hydrogens is 212 g/mol. The lowest BCUT2D eigenvalue weighted by molar-refractivity contribution is 0.597. The second-order valence-electron chi connectivity index (χ2n) is 2.71. The maximum atomic E-state index is 10.7. The summed E-state index contributed by atoms with van der Waals surface area (Å²) in [6.45, 7) is 1.77. The van der Waals surface area contributed by atoms with Gasteiger partial charge in [-0.2, -0.15) is 0 Å². The molecule has 0 amide bonds. The van der Waals surface area contributed by atoms with Crippen molar-refractivity contribution in [3.63, 3.8) is 0 Å². The first kappa shape index (κ1) is 10.4. The Bertz CT molecular complexity index is 417. The van der Waals surface area contributed by atoms with Gasteiger partial charge >= 0.3 is 0 Å². The van der Waals surface area contributed by atoms with Gasteiger partial charge in [-0.15, -0.1) is 0 Å². The minimum Gasteiger partial charge on any atom is -0.241 e. The second-order valence-corrected chi connectivity index (χ2v) is 4.68. The smallest absolute Gasteiger partial charge is 0.213 e. The lowest BCUT2D eigenvalue weighted by atomic mass is 10.3. The molecule has 0 aromatic carbocycles. The monoisotopic (exact) mass is 220 g/mol. The summed E-state index contributed by atoms with van der Waals surface area (Å²) in [5.41, 5.74) is 1.16. The fourth-order valence-electron chi connectivity index (χ4n) is 0.878. The fraction of sp³-hybridized carbons (Fsp3) is 0.286. The number of aryl methyl sites for hydroxylation is 1.